The lowest BCUT2D eigenvalue weighted by Crippen LogP contribution is -2.25. The Bertz CT molecular complexity index is 617. The maximum absolute atomic E-state index is 5.41. The molecule has 3 rings (SSSR count). The summed E-state index contributed by atoms with van der Waals surface area (Å²) in [6.07, 6.45) is 1.06. The van der Waals surface area contributed by atoms with Gasteiger partial charge in [-0.1, -0.05) is 18.2 Å². The van der Waals surface area contributed by atoms with Gasteiger partial charge in [0, 0.05) is 23.7 Å². The van der Waals surface area contributed by atoms with Crippen LogP contribution < -0.4 is 14.8 Å². The molecule has 0 aromatic heterocycles. The Morgan fingerprint density at radius 3 is 2.33 bits per heavy atom. The van der Waals surface area contributed by atoms with Crippen molar-refractivity contribution in [3.05, 3.63) is 53.6 Å². The van der Waals surface area contributed by atoms with Crippen molar-refractivity contribution in [3.8, 4) is 11.5 Å². The minimum atomic E-state index is 0.362. The molecule has 0 fully saturated rings. The van der Waals surface area contributed by atoms with Gasteiger partial charge in [-0.15, -0.1) is 0 Å². The Labute approximate surface area is 125 Å². The van der Waals surface area contributed by atoms with Crippen molar-refractivity contribution < 1.29 is 9.47 Å². The number of hydrogen-bond acceptors (Lipinski definition) is 3. The van der Waals surface area contributed by atoms with Gasteiger partial charge in [0.1, 0.15) is 11.5 Å². The molecule has 0 spiro atoms. The number of methoxy groups -OCH3 is 2. The van der Waals surface area contributed by atoms with E-state index in [-0.39, 0.29) is 0 Å². The number of hydrogen-bond donors (Lipinski definition) is 1. The van der Waals surface area contributed by atoms with Crippen LogP contribution in [0.15, 0.2) is 42.5 Å². The van der Waals surface area contributed by atoms with Crippen molar-refractivity contribution in [2.75, 3.05) is 19.5 Å². The van der Waals surface area contributed by atoms with Crippen LogP contribution in [0.25, 0.3) is 0 Å². The van der Waals surface area contributed by atoms with Crippen LogP contribution in [0, 0.1) is 0 Å². The molecule has 0 radical (unpaired) electrons. The largest absolute Gasteiger partial charge is 0.497 e. The van der Waals surface area contributed by atoms with Crippen LogP contribution >= 0.6 is 0 Å². The number of para-hydroxylation sites is 1. The highest BCUT2D eigenvalue weighted by Crippen LogP contribution is 2.40. The number of benzene rings is 2. The van der Waals surface area contributed by atoms with Crippen LogP contribution in [-0.4, -0.2) is 20.3 Å². The van der Waals surface area contributed by atoms with Crippen molar-refractivity contribution in [1.29, 1.82) is 0 Å². The van der Waals surface area contributed by atoms with E-state index in [1.165, 1.54) is 16.8 Å². The van der Waals surface area contributed by atoms with Crippen molar-refractivity contribution >= 4 is 5.69 Å². The second kappa shape index (κ2) is 5.68. The quantitative estimate of drug-likeness (QED) is 0.922. The summed E-state index contributed by atoms with van der Waals surface area (Å²) < 4.78 is 10.8. The molecule has 2 unspecified atom stereocenters. The summed E-state index contributed by atoms with van der Waals surface area (Å²) in [5, 5.41) is 3.55. The Balaban J connectivity index is 2.08. The minimum Gasteiger partial charge on any atom is -0.497 e. The maximum atomic E-state index is 5.41. The molecule has 1 aliphatic heterocycles. The van der Waals surface area contributed by atoms with E-state index < -0.39 is 0 Å². The molecule has 2 aromatic rings. The summed E-state index contributed by atoms with van der Waals surface area (Å²) >= 11 is 0. The van der Waals surface area contributed by atoms with Crippen LogP contribution in [-0.2, 0) is 0 Å². The highest BCUT2D eigenvalue weighted by molar-refractivity contribution is 5.59. The van der Waals surface area contributed by atoms with Crippen LogP contribution in [0.3, 0.4) is 0 Å². The number of fused-ring (bicyclic) bond motifs is 1. The fraction of sp³-hybridized carbons (Fsp3) is 0.333. The van der Waals surface area contributed by atoms with Gasteiger partial charge < -0.3 is 14.8 Å². The van der Waals surface area contributed by atoms with Gasteiger partial charge in [0.25, 0.3) is 0 Å². The Morgan fingerprint density at radius 2 is 1.67 bits per heavy atom. The zero-order valence-electron chi connectivity index (χ0n) is 12.7. The topological polar surface area (TPSA) is 30.5 Å². The highest BCUT2D eigenvalue weighted by Gasteiger charge is 2.26. The molecule has 1 heterocycles. The summed E-state index contributed by atoms with van der Waals surface area (Å²) in [5.41, 5.74) is 3.81. The number of rotatable bonds is 3. The third-order valence-electron chi connectivity index (χ3n) is 4.10. The molecule has 0 amide bonds. The summed E-state index contributed by atoms with van der Waals surface area (Å²) in [6, 6.07) is 15.1. The normalized spacial score (nSPS) is 20.3. The zero-order chi connectivity index (χ0) is 14.8. The SMILES string of the molecule is COc1cc(OC)cc(C2CC(C)Nc3ccccc32)c1. The lowest BCUT2D eigenvalue weighted by Gasteiger charge is -2.32. The summed E-state index contributed by atoms with van der Waals surface area (Å²) in [5.74, 6) is 2.04. The lowest BCUT2D eigenvalue weighted by atomic mass is 9.82. The monoisotopic (exact) mass is 283 g/mol. The summed E-state index contributed by atoms with van der Waals surface area (Å²) in [7, 11) is 3.38. The lowest BCUT2D eigenvalue weighted by molar-refractivity contribution is 0.392. The van der Waals surface area contributed by atoms with Crippen molar-refractivity contribution in [3.63, 3.8) is 0 Å². The molecule has 0 saturated carbocycles. The molecule has 0 aliphatic carbocycles. The van der Waals surface area contributed by atoms with Gasteiger partial charge >= 0.3 is 0 Å². The van der Waals surface area contributed by atoms with Gasteiger partial charge in [-0.2, -0.15) is 0 Å². The average molecular weight is 283 g/mol. The molecule has 1 aliphatic rings. The van der Waals surface area contributed by atoms with E-state index >= 15 is 0 Å². The van der Waals surface area contributed by atoms with Crippen LogP contribution in [0.4, 0.5) is 5.69 Å². The second-order valence-electron chi connectivity index (χ2n) is 5.57. The predicted molar refractivity (Wildman–Crippen MR) is 85.5 cm³/mol. The molecule has 2 aromatic carbocycles. The van der Waals surface area contributed by atoms with Crippen LogP contribution in [0.2, 0.25) is 0 Å². The smallest absolute Gasteiger partial charge is 0.122 e. The Hall–Kier alpha value is -2.16. The van der Waals surface area contributed by atoms with E-state index in [9.17, 15) is 0 Å². The van der Waals surface area contributed by atoms with Crippen molar-refractivity contribution in [1.82, 2.24) is 0 Å². The van der Waals surface area contributed by atoms with Gasteiger partial charge in [0.15, 0.2) is 0 Å². The molecule has 1 N–H and O–H groups in total. The molecule has 2 atom stereocenters. The standard InChI is InChI=1S/C18H21NO2/c1-12-8-17(16-6-4-5-7-18(16)19-12)13-9-14(20-2)11-15(10-13)21-3/h4-7,9-12,17,19H,8H2,1-3H3. The summed E-state index contributed by atoms with van der Waals surface area (Å²) in [4.78, 5) is 0. The third kappa shape index (κ3) is 2.68. The first kappa shape index (κ1) is 13.8. The van der Waals surface area contributed by atoms with Gasteiger partial charge in [-0.3, -0.25) is 0 Å². The van der Waals surface area contributed by atoms with Crippen molar-refractivity contribution in [2.45, 2.75) is 25.3 Å². The van der Waals surface area contributed by atoms with E-state index in [0.717, 1.165) is 17.9 Å². The van der Waals surface area contributed by atoms with E-state index in [4.69, 9.17) is 9.47 Å². The van der Waals surface area contributed by atoms with E-state index in [1.807, 2.05) is 6.07 Å². The number of anilines is 1. The fourth-order valence-electron chi connectivity index (χ4n) is 3.08. The van der Waals surface area contributed by atoms with Crippen LogP contribution in [0.5, 0.6) is 11.5 Å². The Morgan fingerprint density at radius 1 is 1.00 bits per heavy atom. The fourth-order valence-corrected chi connectivity index (χ4v) is 3.08. The molecular formula is C18H21NO2. The second-order valence-corrected chi connectivity index (χ2v) is 5.57. The van der Waals surface area contributed by atoms with E-state index in [0.29, 0.717) is 12.0 Å². The first-order chi connectivity index (χ1) is 10.2. The molecule has 0 bridgehead atoms. The molecule has 0 saturated heterocycles. The van der Waals surface area contributed by atoms with E-state index in [1.54, 1.807) is 14.2 Å². The molecule has 3 heteroatoms. The molecular weight excluding hydrogens is 262 g/mol. The first-order valence-electron chi connectivity index (χ1n) is 7.29. The predicted octanol–water partition coefficient (Wildman–Crippen LogP) is 4.04. The maximum Gasteiger partial charge on any atom is 0.122 e. The minimum absolute atomic E-state index is 0.362. The van der Waals surface area contributed by atoms with Gasteiger partial charge in [-0.25, -0.2) is 0 Å². The van der Waals surface area contributed by atoms with Crippen LogP contribution in [0.1, 0.15) is 30.4 Å². The number of nitrogens with one attached hydrogen (secondary N) is 1. The van der Waals surface area contributed by atoms with Gasteiger partial charge in [0.05, 0.1) is 14.2 Å². The highest BCUT2D eigenvalue weighted by atomic mass is 16.5. The van der Waals surface area contributed by atoms with Gasteiger partial charge in [0.2, 0.25) is 0 Å². The average Bonchev–Trinajstić information content (AvgIpc) is 2.53. The van der Waals surface area contributed by atoms with E-state index in [2.05, 4.69) is 48.6 Å². The molecule has 21 heavy (non-hydrogen) atoms. The van der Waals surface area contributed by atoms with Crippen molar-refractivity contribution in [2.24, 2.45) is 0 Å². The number of ether oxygens (including phenoxy) is 2. The Kier molecular flexibility index (Phi) is 3.74. The molecule has 3 nitrogen and oxygen atoms in total. The first-order valence-corrected chi connectivity index (χ1v) is 7.29. The zero-order valence-corrected chi connectivity index (χ0v) is 12.7. The molecule has 110 valence electrons. The van der Waals surface area contributed by atoms with Gasteiger partial charge in [-0.05, 0) is 42.7 Å². The summed E-state index contributed by atoms with van der Waals surface area (Å²) in [6.45, 7) is 2.22. The third-order valence-corrected chi connectivity index (χ3v) is 4.10.